The van der Waals surface area contributed by atoms with E-state index in [1.54, 1.807) is 0 Å². The first-order valence-electron chi connectivity index (χ1n) is 10.2. The van der Waals surface area contributed by atoms with Gasteiger partial charge in [0.05, 0.1) is 21.4 Å². The maximum absolute atomic E-state index is 6.72. The number of hydrogen-bond acceptors (Lipinski definition) is 1. The van der Waals surface area contributed by atoms with Gasteiger partial charge in [-0.1, -0.05) is 96.0 Å². The predicted octanol–water partition coefficient (Wildman–Crippen LogP) is 9.36. The van der Waals surface area contributed by atoms with Gasteiger partial charge in [-0.15, -0.1) is 0 Å². The van der Waals surface area contributed by atoms with E-state index in [4.69, 9.17) is 23.2 Å². The summed E-state index contributed by atoms with van der Waals surface area (Å²) in [5.74, 6) is 0. The number of benzene rings is 6. The molecule has 0 unspecified atom stereocenters. The molecule has 0 amide bonds. The molecule has 6 aromatic rings. The molecule has 0 aliphatic rings. The molecule has 0 aliphatic carbocycles. The van der Waals surface area contributed by atoms with Crippen molar-refractivity contribution in [1.29, 1.82) is 0 Å². The van der Waals surface area contributed by atoms with E-state index < -0.39 is 0 Å². The van der Waals surface area contributed by atoms with Crippen LogP contribution in [0.4, 0.5) is 17.1 Å². The van der Waals surface area contributed by atoms with E-state index in [0.29, 0.717) is 10.0 Å². The second-order valence-electron chi connectivity index (χ2n) is 7.68. The molecule has 31 heavy (non-hydrogen) atoms. The molecule has 6 aromatic carbocycles. The van der Waals surface area contributed by atoms with Gasteiger partial charge in [-0.25, -0.2) is 0 Å². The zero-order chi connectivity index (χ0) is 20.9. The van der Waals surface area contributed by atoms with Crippen LogP contribution in [0.2, 0.25) is 10.0 Å². The van der Waals surface area contributed by atoms with Gasteiger partial charge in [-0.2, -0.15) is 0 Å². The zero-order valence-electron chi connectivity index (χ0n) is 16.5. The Morgan fingerprint density at radius 3 is 1.90 bits per heavy atom. The summed E-state index contributed by atoms with van der Waals surface area (Å²) in [4.78, 5) is 2.19. The van der Waals surface area contributed by atoms with Gasteiger partial charge in [-0.3, -0.25) is 0 Å². The van der Waals surface area contributed by atoms with Crippen LogP contribution in [0.1, 0.15) is 0 Å². The normalized spacial score (nSPS) is 11.5. The first kappa shape index (κ1) is 18.5. The van der Waals surface area contributed by atoms with E-state index in [9.17, 15) is 0 Å². The Morgan fingerprint density at radius 2 is 1.13 bits per heavy atom. The molecular weight excluding hydrogens is 421 g/mol. The van der Waals surface area contributed by atoms with Gasteiger partial charge in [0.15, 0.2) is 0 Å². The van der Waals surface area contributed by atoms with Crippen molar-refractivity contribution < 1.29 is 0 Å². The van der Waals surface area contributed by atoms with Crippen molar-refractivity contribution in [3.05, 3.63) is 113 Å². The molecule has 0 aromatic heterocycles. The van der Waals surface area contributed by atoms with Crippen molar-refractivity contribution in [1.82, 2.24) is 0 Å². The summed E-state index contributed by atoms with van der Waals surface area (Å²) < 4.78 is 0. The van der Waals surface area contributed by atoms with Crippen LogP contribution < -0.4 is 4.90 Å². The lowest BCUT2D eigenvalue weighted by Crippen LogP contribution is -2.11. The van der Waals surface area contributed by atoms with Crippen molar-refractivity contribution >= 4 is 72.6 Å². The Labute approximate surface area is 190 Å². The molecule has 0 saturated heterocycles. The third-order valence-corrected chi connectivity index (χ3v) is 6.74. The standard InChI is InChI=1S/C28H17Cl2N/c29-23-10-5-11-25(28(23)30)31(21-8-2-1-3-9-21)24-17-15-20-13-12-18-6-4-7-19-14-16-22(24)27(20)26(18)19/h1-17H. The molecular formula is C28H17Cl2N. The molecule has 0 atom stereocenters. The number of rotatable bonds is 3. The highest BCUT2D eigenvalue weighted by Crippen LogP contribution is 2.46. The predicted molar refractivity (Wildman–Crippen MR) is 135 cm³/mol. The Kier molecular flexibility index (Phi) is 4.27. The van der Waals surface area contributed by atoms with Gasteiger partial charge in [0.1, 0.15) is 0 Å². The quantitative estimate of drug-likeness (QED) is 0.249. The van der Waals surface area contributed by atoms with Gasteiger partial charge in [-0.05, 0) is 57.3 Å². The van der Waals surface area contributed by atoms with Gasteiger partial charge in [0, 0.05) is 11.1 Å². The molecule has 0 radical (unpaired) electrons. The molecule has 0 aliphatic heterocycles. The highest BCUT2D eigenvalue weighted by atomic mass is 35.5. The van der Waals surface area contributed by atoms with E-state index in [-0.39, 0.29) is 0 Å². The number of anilines is 3. The molecule has 0 N–H and O–H groups in total. The van der Waals surface area contributed by atoms with Crippen molar-refractivity contribution in [3.8, 4) is 0 Å². The van der Waals surface area contributed by atoms with Crippen molar-refractivity contribution in [2.75, 3.05) is 4.90 Å². The van der Waals surface area contributed by atoms with Gasteiger partial charge in [0.2, 0.25) is 0 Å². The zero-order valence-corrected chi connectivity index (χ0v) is 18.0. The molecule has 0 bridgehead atoms. The first-order valence-corrected chi connectivity index (χ1v) is 10.9. The van der Waals surface area contributed by atoms with Crippen molar-refractivity contribution in [2.45, 2.75) is 0 Å². The molecule has 3 heteroatoms. The lowest BCUT2D eigenvalue weighted by Gasteiger charge is -2.28. The van der Waals surface area contributed by atoms with E-state index in [1.165, 1.54) is 32.3 Å². The summed E-state index contributed by atoms with van der Waals surface area (Å²) in [6.07, 6.45) is 0. The summed E-state index contributed by atoms with van der Waals surface area (Å²) in [5.41, 5.74) is 2.96. The summed E-state index contributed by atoms with van der Waals surface area (Å²) >= 11 is 13.1. The van der Waals surface area contributed by atoms with E-state index in [2.05, 4.69) is 71.6 Å². The van der Waals surface area contributed by atoms with Crippen LogP contribution in [0.15, 0.2) is 103 Å². The Bertz CT molecular complexity index is 1540. The molecule has 1 nitrogen and oxygen atoms in total. The molecule has 0 heterocycles. The highest BCUT2D eigenvalue weighted by molar-refractivity contribution is 6.44. The van der Waals surface area contributed by atoms with Crippen molar-refractivity contribution in [2.24, 2.45) is 0 Å². The molecule has 0 fully saturated rings. The Balaban J connectivity index is 1.73. The summed E-state index contributed by atoms with van der Waals surface area (Å²) in [6, 6.07) is 35.7. The number of hydrogen-bond donors (Lipinski definition) is 0. The third-order valence-electron chi connectivity index (χ3n) is 5.93. The summed E-state index contributed by atoms with van der Waals surface area (Å²) in [6.45, 7) is 0. The topological polar surface area (TPSA) is 3.24 Å². The Hall–Kier alpha value is -3.26. The lowest BCUT2D eigenvalue weighted by atomic mass is 9.93. The SMILES string of the molecule is Clc1cccc(N(c2ccccc2)c2ccc3ccc4cccc5ccc2c3c45)c1Cl. The highest BCUT2D eigenvalue weighted by Gasteiger charge is 2.20. The van der Waals surface area contributed by atoms with E-state index >= 15 is 0 Å². The summed E-state index contributed by atoms with van der Waals surface area (Å²) in [5, 5.41) is 8.56. The molecule has 0 spiro atoms. The average molecular weight is 438 g/mol. The summed E-state index contributed by atoms with van der Waals surface area (Å²) in [7, 11) is 0. The molecule has 0 saturated carbocycles. The van der Waals surface area contributed by atoms with Crippen LogP contribution in [-0.4, -0.2) is 0 Å². The van der Waals surface area contributed by atoms with Gasteiger partial charge < -0.3 is 4.90 Å². The minimum absolute atomic E-state index is 0.540. The number of nitrogens with zero attached hydrogens (tertiary/aromatic N) is 1. The van der Waals surface area contributed by atoms with Crippen LogP contribution in [0.5, 0.6) is 0 Å². The minimum Gasteiger partial charge on any atom is -0.308 e. The monoisotopic (exact) mass is 437 g/mol. The maximum atomic E-state index is 6.72. The second-order valence-corrected chi connectivity index (χ2v) is 8.47. The maximum Gasteiger partial charge on any atom is 0.0832 e. The fraction of sp³-hybridized carbons (Fsp3) is 0. The average Bonchev–Trinajstić information content (AvgIpc) is 2.82. The lowest BCUT2D eigenvalue weighted by molar-refractivity contribution is 1.30. The van der Waals surface area contributed by atoms with E-state index in [0.717, 1.165) is 17.1 Å². The fourth-order valence-electron chi connectivity index (χ4n) is 4.57. The molecule has 6 rings (SSSR count). The molecule has 148 valence electrons. The first-order chi connectivity index (χ1) is 15.2. The van der Waals surface area contributed by atoms with E-state index in [1.807, 2.05) is 36.4 Å². The fourth-order valence-corrected chi connectivity index (χ4v) is 4.95. The van der Waals surface area contributed by atoms with Crippen LogP contribution in [-0.2, 0) is 0 Å². The largest absolute Gasteiger partial charge is 0.308 e. The smallest absolute Gasteiger partial charge is 0.0832 e. The van der Waals surface area contributed by atoms with Gasteiger partial charge in [0.25, 0.3) is 0 Å². The Morgan fingerprint density at radius 1 is 0.484 bits per heavy atom. The second kappa shape index (κ2) is 7.16. The van der Waals surface area contributed by atoms with Crippen LogP contribution >= 0.6 is 23.2 Å². The third kappa shape index (κ3) is 2.85. The minimum atomic E-state index is 0.540. The number of para-hydroxylation sites is 1. The van der Waals surface area contributed by atoms with Crippen LogP contribution in [0.25, 0.3) is 32.3 Å². The number of halogens is 2. The van der Waals surface area contributed by atoms with Crippen LogP contribution in [0.3, 0.4) is 0 Å². The van der Waals surface area contributed by atoms with Crippen molar-refractivity contribution in [3.63, 3.8) is 0 Å². The van der Waals surface area contributed by atoms with Crippen LogP contribution in [0, 0.1) is 0 Å². The van der Waals surface area contributed by atoms with Gasteiger partial charge >= 0.3 is 0 Å².